The van der Waals surface area contributed by atoms with Gasteiger partial charge in [0.15, 0.2) is 0 Å². The molecule has 1 aliphatic carbocycles. The summed E-state index contributed by atoms with van der Waals surface area (Å²) in [5.74, 6) is 0. The van der Waals surface area contributed by atoms with E-state index in [2.05, 4.69) is 52.8 Å². The Bertz CT molecular complexity index is 732. The van der Waals surface area contributed by atoms with Gasteiger partial charge in [-0.3, -0.25) is 0 Å². The van der Waals surface area contributed by atoms with Gasteiger partial charge in [-0.1, -0.05) is 24.3 Å². The Kier molecular flexibility index (Phi) is 2.52. The van der Waals surface area contributed by atoms with E-state index in [1.807, 2.05) is 5.51 Å². The average Bonchev–Trinajstić information content (AvgIpc) is 3.06. The molecule has 1 aromatic heterocycles. The van der Waals surface area contributed by atoms with Crippen molar-refractivity contribution in [3.8, 4) is 0 Å². The maximum absolute atomic E-state index is 4.32. The highest BCUT2D eigenvalue weighted by Gasteiger charge is 2.21. The Labute approximate surface area is 116 Å². The van der Waals surface area contributed by atoms with Gasteiger partial charge in [-0.2, -0.15) is 0 Å². The Balaban J connectivity index is 1.65. The maximum Gasteiger partial charge on any atom is 0.0813 e. The minimum Gasteiger partial charge on any atom is -0.378 e. The van der Waals surface area contributed by atoms with Gasteiger partial charge in [0.2, 0.25) is 0 Å². The van der Waals surface area contributed by atoms with Crippen LogP contribution in [0, 0.1) is 0 Å². The zero-order chi connectivity index (χ0) is 12.7. The lowest BCUT2D eigenvalue weighted by molar-refractivity contribution is 0.762. The van der Waals surface area contributed by atoms with Gasteiger partial charge in [-0.15, -0.1) is 11.3 Å². The molecule has 3 heteroatoms. The van der Waals surface area contributed by atoms with Crippen LogP contribution in [-0.4, -0.2) is 4.98 Å². The van der Waals surface area contributed by atoms with Crippen LogP contribution in [0.25, 0.3) is 10.2 Å². The van der Waals surface area contributed by atoms with Crippen molar-refractivity contribution in [2.75, 3.05) is 5.32 Å². The summed E-state index contributed by atoms with van der Waals surface area (Å²) in [6, 6.07) is 15.6. The molecule has 1 aliphatic rings. The molecule has 1 atom stereocenters. The van der Waals surface area contributed by atoms with Crippen molar-refractivity contribution >= 4 is 27.2 Å². The summed E-state index contributed by atoms with van der Waals surface area (Å²) in [5, 5.41) is 3.66. The summed E-state index contributed by atoms with van der Waals surface area (Å²) in [4.78, 5) is 4.32. The number of hydrogen-bond donors (Lipinski definition) is 1. The predicted molar refractivity (Wildman–Crippen MR) is 80.7 cm³/mol. The normalized spacial score (nSPS) is 17.6. The molecule has 1 heterocycles. The van der Waals surface area contributed by atoms with E-state index in [1.165, 1.54) is 34.4 Å². The van der Waals surface area contributed by atoms with Gasteiger partial charge in [0, 0.05) is 5.69 Å². The number of benzene rings is 2. The largest absolute Gasteiger partial charge is 0.378 e. The van der Waals surface area contributed by atoms with E-state index in [0.717, 1.165) is 5.52 Å². The molecule has 1 N–H and O–H groups in total. The minimum absolute atomic E-state index is 0.446. The number of fused-ring (bicyclic) bond motifs is 2. The highest BCUT2D eigenvalue weighted by molar-refractivity contribution is 7.16. The fraction of sp³-hybridized carbons (Fsp3) is 0.188. The van der Waals surface area contributed by atoms with Crippen molar-refractivity contribution in [2.45, 2.75) is 18.9 Å². The molecule has 3 aromatic rings. The van der Waals surface area contributed by atoms with Gasteiger partial charge in [-0.05, 0) is 42.2 Å². The van der Waals surface area contributed by atoms with Crippen molar-refractivity contribution in [3.63, 3.8) is 0 Å². The predicted octanol–water partition coefficient (Wildman–Crippen LogP) is 4.40. The van der Waals surface area contributed by atoms with Crippen LogP contribution < -0.4 is 5.32 Å². The van der Waals surface area contributed by atoms with Crippen LogP contribution in [0.1, 0.15) is 23.6 Å². The third-order valence-corrected chi connectivity index (χ3v) is 4.60. The van der Waals surface area contributed by atoms with Gasteiger partial charge < -0.3 is 5.32 Å². The number of rotatable bonds is 2. The van der Waals surface area contributed by atoms with Crippen molar-refractivity contribution in [2.24, 2.45) is 0 Å². The monoisotopic (exact) mass is 266 g/mol. The first kappa shape index (κ1) is 11.0. The van der Waals surface area contributed by atoms with E-state index in [-0.39, 0.29) is 0 Å². The van der Waals surface area contributed by atoms with Gasteiger partial charge in [0.05, 0.1) is 21.8 Å². The van der Waals surface area contributed by atoms with Crippen molar-refractivity contribution in [3.05, 3.63) is 59.1 Å². The third kappa shape index (κ3) is 1.90. The Hall–Kier alpha value is -1.87. The second-order valence-electron chi connectivity index (χ2n) is 4.97. The number of aryl methyl sites for hydroxylation is 1. The lowest BCUT2D eigenvalue weighted by atomic mass is 10.1. The van der Waals surface area contributed by atoms with E-state index in [1.54, 1.807) is 11.3 Å². The van der Waals surface area contributed by atoms with Crippen molar-refractivity contribution in [1.29, 1.82) is 0 Å². The number of aromatic nitrogens is 1. The SMILES string of the molecule is c1ccc2c(c1)CCC2Nc1ccc2ncsc2c1. The lowest BCUT2D eigenvalue weighted by Crippen LogP contribution is -2.06. The molecule has 0 amide bonds. The van der Waals surface area contributed by atoms with Crippen LogP contribution in [-0.2, 0) is 6.42 Å². The molecule has 1 unspecified atom stereocenters. The molecule has 0 saturated carbocycles. The summed E-state index contributed by atoms with van der Waals surface area (Å²) >= 11 is 1.69. The first-order valence-corrected chi connectivity index (χ1v) is 7.46. The molecule has 0 saturated heterocycles. The molecule has 2 aromatic carbocycles. The number of thiazole rings is 1. The summed E-state index contributed by atoms with van der Waals surface area (Å²) in [6.07, 6.45) is 2.36. The average molecular weight is 266 g/mol. The summed E-state index contributed by atoms with van der Waals surface area (Å²) in [5.41, 5.74) is 7.12. The number of nitrogens with zero attached hydrogens (tertiary/aromatic N) is 1. The van der Waals surface area contributed by atoms with E-state index in [4.69, 9.17) is 0 Å². The van der Waals surface area contributed by atoms with Crippen LogP contribution in [0.4, 0.5) is 5.69 Å². The fourth-order valence-corrected chi connectivity index (χ4v) is 3.57. The molecule has 19 heavy (non-hydrogen) atoms. The van der Waals surface area contributed by atoms with E-state index >= 15 is 0 Å². The van der Waals surface area contributed by atoms with E-state index < -0.39 is 0 Å². The first-order valence-electron chi connectivity index (χ1n) is 6.58. The zero-order valence-corrected chi connectivity index (χ0v) is 11.3. The standard InChI is InChI=1S/C16H14N2S/c1-2-4-13-11(3-1)5-7-14(13)18-12-6-8-15-16(9-12)19-10-17-15/h1-4,6,8-10,14,18H,5,7H2. The van der Waals surface area contributed by atoms with Gasteiger partial charge in [0.1, 0.15) is 0 Å². The number of nitrogens with one attached hydrogen (secondary N) is 1. The second kappa shape index (κ2) is 4.35. The second-order valence-corrected chi connectivity index (χ2v) is 5.86. The molecule has 0 fully saturated rings. The molecular formula is C16H14N2S. The Morgan fingerprint density at radius 3 is 3.11 bits per heavy atom. The van der Waals surface area contributed by atoms with Gasteiger partial charge >= 0.3 is 0 Å². The van der Waals surface area contributed by atoms with Gasteiger partial charge in [-0.25, -0.2) is 4.98 Å². The fourth-order valence-electron chi connectivity index (χ4n) is 2.85. The highest BCUT2D eigenvalue weighted by atomic mass is 32.1. The van der Waals surface area contributed by atoms with Crippen LogP contribution in [0.3, 0.4) is 0 Å². The zero-order valence-electron chi connectivity index (χ0n) is 10.5. The van der Waals surface area contributed by atoms with E-state index in [9.17, 15) is 0 Å². The molecule has 0 bridgehead atoms. The topological polar surface area (TPSA) is 24.9 Å². The van der Waals surface area contributed by atoms with Crippen molar-refractivity contribution < 1.29 is 0 Å². The molecule has 0 spiro atoms. The van der Waals surface area contributed by atoms with Crippen LogP contribution in [0.2, 0.25) is 0 Å². The summed E-state index contributed by atoms with van der Waals surface area (Å²) in [6.45, 7) is 0. The lowest BCUT2D eigenvalue weighted by Gasteiger charge is -2.15. The summed E-state index contributed by atoms with van der Waals surface area (Å²) in [7, 11) is 0. The van der Waals surface area contributed by atoms with Gasteiger partial charge in [0.25, 0.3) is 0 Å². The van der Waals surface area contributed by atoms with Crippen LogP contribution >= 0.6 is 11.3 Å². The molecule has 2 nitrogen and oxygen atoms in total. The highest BCUT2D eigenvalue weighted by Crippen LogP contribution is 2.34. The van der Waals surface area contributed by atoms with E-state index in [0.29, 0.717) is 6.04 Å². The molecule has 94 valence electrons. The number of hydrogen-bond acceptors (Lipinski definition) is 3. The number of anilines is 1. The minimum atomic E-state index is 0.446. The van der Waals surface area contributed by atoms with Crippen LogP contribution in [0.5, 0.6) is 0 Å². The Morgan fingerprint density at radius 1 is 1.16 bits per heavy atom. The van der Waals surface area contributed by atoms with Crippen molar-refractivity contribution in [1.82, 2.24) is 4.98 Å². The smallest absolute Gasteiger partial charge is 0.0813 e. The molecular weight excluding hydrogens is 252 g/mol. The quantitative estimate of drug-likeness (QED) is 0.744. The van der Waals surface area contributed by atoms with Crippen LogP contribution in [0.15, 0.2) is 48.0 Å². The molecule has 4 rings (SSSR count). The molecule has 0 radical (unpaired) electrons. The Morgan fingerprint density at radius 2 is 2.11 bits per heavy atom. The first-order chi connectivity index (χ1) is 9.40. The maximum atomic E-state index is 4.32. The molecule has 0 aliphatic heterocycles. The summed E-state index contributed by atoms with van der Waals surface area (Å²) < 4.78 is 1.25. The third-order valence-electron chi connectivity index (χ3n) is 3.81.